The van der Waals surface area contributed by atoms with Crippen molar-refractivity contribution in [2.45, 2.75) is 0 Å². The molecule has 35 heavy (non-hydrogen) atoms. The standard InChI is InChI=1S/C27H23ClN4O3/c28-21-10-6-19(7-11-21)24-18-25(32(30-24)23-4-2-1-3-5-23)26(33)29-22-12-8-20(9-13-22)27(34)31-14-16-35-17-15-31/h1-13,18H,14-17H2,(H,29,33). The number of hydrogen-bond acceptors (Lipinski definition) is 4. The maximum Gasteiger partial charge on any atom is 0.274 e. The van der Waals surface area contributed by atoms with Crippen LogP contribution < -0.4 is 5.32 Å². The number of amides is 2. The van der Waals surface area contributed by atoms with Crippen molar-refractivity contribution in [1.29, 1.82) is 0 Å². The number of aromatic nitrogens is 2. The molecule has 1 aliphatic heterocycles. The summed E-state index contributed by atoms with van der Waals surface area (Å²) < 4.78 is 6.93. The number of para-hydroxylation sites is 1. The van der Waals surface area contributed by atoms with Crippen molar-refractivity contribution in [3.8, 4) is 16.9 Å². The first-order valence-corrected chi connectivity index (χ1v) is 11.7. The van der Waals surface area contributed by atoms with Crippen LogP contribution >= 0.6 is 11.6 Å². The number of carbonyl (C=O) groups excluding carboxylic acids is 2. The summed E-state index contributed by atoms with van der Waals surface area (Å²) in [7, 11) is 0. The molecule has 7 nitrogen and oxygen atoms in total. The van der Waals surface area contributed by atoms with Gasteiger partial charge in [0.15, 0.2) is 0 Å². The molecule has 1 fully saturated rings. The van der Waals surface area contributed by atoms with E-state index in [1.807, 2.05) is 42.5 Å². The van der Waals surface area contributed by atoms with Crippen molar-refractivity contribution in [2.75, 3.05) is 31.6 Å². The first kappa shape index (κ1) is 22.8. The zero-order valence-electron chi connectivity index (χ0n) is 18.9. The lowest BCUT2D eigenvalue weighted by molar-refractivity contribution is 0.0303. The molecular weight excluding hydrogens is 464 g/mol. The number of carbonyl (C=O) groups is 2. The van der Waals surface area contributed by atoms with Crippen LogP contribution in [-0.4, -0.2) is 52.8 Å². The van der Waals surface area contributed by atoms with Crippen LogP contribution in [0.1, 0.15) is 20.8 Å². The smallest absolute Gasteiger partial charge is 0.274 e. The van der Waals surface area contributed by atoms with E-state index in [9.17, 15) is 9.59 Å². The van der Waals surface area contributed by atoms with Gasteiger partial charge in [-0.1, -0.05) is 41.9 Å². The third-order valence-corrected chi connectivity index (χ3v) is 6.02. The number of ether oxygens (including phenoxy) is 1. The first-order valence-electron chi connectivity index (χ1n) is 11.3. The van der Waals surface area contributed by atoms with Crippen LogP contribution in [0.2, 0.25) is 5.02 Å². The predicted octanol–water partition coefficient (Wildman–Crippen LogP) is 4.92. The Hall–Kier alpha value is -3.94. The molecule has 0 unspecified atom stereocenters. The average Bonchev–Trinajstić information content (AvgIpc) is 3.36. The van der Waals surface area contributed by atoms with E-state index >= 15 is 0 Å². The van der Waals surface area contributed by atoms with Crippen LogP contribution in [0.3, 0.4) is 0 Å². The van der Waals surface area contributed by atoms with Gasteiger partial charge in [0.2, 0.25) is 0 Å². The van der Waals surface area contributed by atoms with E-state index in [1.54, 1.807) is 52.0 Å². The van der Waals surface area contributed by atoms with Crippen molar-refractivity contribution < 1.29 is 14.3 Å². The molecule has 2 amide bonds. The molecule has 2 heterocycles. The zero-order valence-corrected chi connectivity index (χ0v) is 19.6. The maximum atomic E-state index is 13.3. The highest BCUT2D eigenvalue weighted by Crippen LogP contribution is 2.24. The van der Waals surface area contributed by atoms with Gasteiger partial charge >= 0.3 is 0 Å². The summed E-state index contributed by atoms with van der Waals surface area (Å²) in [4.78, 5) is 27.7. The minimum Gasteiger partial charge on any atom is -0.378 e. The van der Waals surface area contributed by atoms with Gasteiger partial charge in [-0.3, -0.25) is 9.59 Å². The monoisotopic (exact) mass is 486 g/mol. The van der Waals surface area contributed by atoms with E-state index in [0.717, 1.165) is 11.3 Å². The van der Waals surface area contributed by atoms with Crippen molar-refractivity contribution in [3.63, 3.8) is 0 Å². The Morgan fingerprint density at radius 1 is 0.886 bits per heavy atom. The highest BCUT2D eigenvalue weighted by Gasteiger charge is 2.20. The number of rotatable bonds is 5. The highest BCUT2D eigenvalue weighted by molar-refractivity contribution is 6.30. The molecule has 1 N–H and O–H groups in total. The van der Waals surface area contributed by atoms with Crippen molar-refractivity contribution in [1.82, 2.24) is 14.7 Å². The Bertz CT molecular complexity index is 1330. The van der Waals surface area contributed by atoms with Crippen molar-refractivity contribution >= 4 is 29.1 Å². The summed E-state index contributed by atoms with van der Waals surface area (Å²) in [5, 5.41) is 8.24. The van der Waals surface area contributed by atoms with Crippen molar-refractivity contribution in [2.24, 2.45) is 0 Å². The first-order chi connectivity index (χ1) is 17.1. The van der Waals surface area contributed by atoms with E-state index in [1.165, 1.54) is 0 Å². The van der Waals surface area contributed by atoms with Gasteiger partial charge in [-0.15, -0.1) is 0 Å². The molecule has 1 aliphatic rings. The predicted molar refractivity (Wildman–Crippen MR) is 135 cm³/mol. The second kappa shape index (κ2) is 10.1. The van der Waals surface area contributed by atoms with Crippen LogP contribution in [0.4, 0.5) is 5.69 Å². The lowest BCUT2D eigenvalue weighted by atomic mass is 10.1. The number of nitrogens with zero attached hydrogens (tertiary/aromatic N) is 3. The molecule has 0 aliphatic carbocycles. The van der Waals surface area contributed by atoms with Gasteiger partial charge in [-0.2, -0.15) is 5.10 Å². The van der Waals surface area contributed by atoms with Gasteiger partial charge < -0.3 is 15.0 Å². The van der Waals surface area contributed by atoms with Gasteiger partial charge in [0.25, 0.3) is 11.8 Å². The number of benzene rings is 3. The minimum atomic E-state index is -0.311. The Morgan fingerprint density at radius 2 is 1.57 bits per heavy atom. The van der Waals surface area contributed by atoms with Crippen molar-refractivity contribution in [3.05, 3.63) is 101 Å². The molecular formula is C27H23ClN4O3. The Balaban J connectivity index is 1.39. The highest BCUT2D eigenvalue weighted by atomic mass is 35.5. The van der Waals surface area contributed by atoms with E-state index < -0.39 is 0 Å². The van der Waals surface area contributed by atoms with Gasteiger partial charge in [-0.05, 0) is 54.6 Å². The van der Waals surface area contributed by atoms with Gasteiger partial charge in [0, 0.05) is 34.9 Å². The summed E-state index contributed by atoms with van der Waals surface area (Å²) in [6.07, 6.45) is 0. The third kappa shape index (κ3) is 5.11. The van der Waals surface area contributed by atoms with Crippen LogP contribution in [0.5, 0.6) is 0 Å². The summed E-state index contributed by atoms with van der Waals surface area (Å²) in [5.74, 6) is -0.352. The number of hydrogen-bond donors (Lipinski definition) is 1. The van der Waals surface area contributed by atoms with E-state index in [2.05, 4.69) is 10.4 Å². The van der Waals surface area contributed by atoms with E-state index in [-0.39, 0.29) is 11.8 Å². The molecule has 0 saturated carbocycles. The molecule has 8 heteroatoms. The summed E-state index contributed by atoms with van der Waals surface area (Å²) >= 11 is 6.03. The molecule has 4 aromatic rings. The zero-order chi connectivity index (χ0) is 24.2. The molecule has 0 radical (unpaired) electrons. The van der Waals surface area contributed by atoms with E-state index in [4.69, 9.17) is 16.3 Å². The number of nitrogens with one attached hydrogen (secondary N) is 1. The minimum absolute atomic E-state index is 0.0408. The van der Waals surface area contributed by atoms with Crippen LogP contribution in [0.15, 0.2) is 84.9 Å². The average molecular weight is 487 g/mol. The molecule has 0 bridgehead atoms. The topological polar surface area (TPSA) is 76.5 Å². The SMILES string of the molecule is O=C(Nc1ccc(C(=O)N2CCOCC2)cc1)c1cc(-c2ccc(Cl)cc2)nn1-c1ccccc1. The molecule has 0 atom stereocenters. The molecule has 5 rings (SSSR count). The van der Waals surface area contributed by atoms with Gasteiger partial charge in [0.05, 0.1) is 24.6 Å². The molecule has 0 spiro atoms. The fourth-order valence-corrected chi connectivity index (χ4v) is 4.04. The molecule has 1 saturated heterocycles. The molecule has 3 aromatic carbocycles. The molecule has 1 aromatic heterocycles. The van der Waals surface area contributed by atoms with Crippen LogP contribution in [0.25, 0.3) is 16.9 Å². The Morgan fingerprint density at radius 3 is 2.26 bits per heavy atom. The largest absolute Gasteiger partial charge is 0.378 e. The summed E-state index contributed by atoms with van der Waals surface area (Å²) in [6, 6.07) is 25.5. The second-order valence-electron chi connectivity index (χ2n) is 8.11. The van der Waals surface area contributed by atoms with Gasteiger partial charge in [0.1, 0.15) is 5.69 Å². The maximum absolute atomic E-state index is 13.3. The van der Waals surface area contributed by atoms with Crippen LogP contribution in [0, 0.1) is 0 Å². The quantitative estimate of drug-likeness (QED) is 0.434. The number of morpholine rings is 1. The number of anilines is 1. The summed E-state index contributed by atoms with van der Waals surface area (Å²) in [5.41, 5.74) is 3.82. The van der Waals surface area contributed by atoms with Gasteiger partial charge in [-0.25, -0.2) is 4.68 Å². The Kier molecular flexibility index (Phi) is 6.61. The summed E-state index contributed by atoms with van der Waals surface area (Å²) in [6.45, 7) is 2.26. The van der Waals surface area contributed by atoms with Crippen LogP contribution in [-0.2, 0) is 4.74 Å². The lowest BCUT2D eigenvalue weighted by Gasteiger charge is -2.26. The normalized spacial score (nSPS) is 13.5. The second-order valence-corrected chi connectivity index (χ2v) is 8.54. The Labute approximate surface area is 207 Å². The number of halogens is 1. The van der Waals surface area contributed by atoms with E-state index in [0.29, 0.717) is 54.0 Å². The lowest BCUT2D eigenvalue weighted by Crippen LogP contribution is -2.40. The third-order valence-electron chi connectivity index (χ3n) is 5.77. The fourth-order valence-electron chi connectivity index (χ4n) is 3.91. The fraction of sp³-hybridized carbons (Fsp3) is 0.148. The molecule has 176 valence electrons.